The number of amides is 1. The Balaban J connectivity index is 2.45. The molecule has 0 fully saturated rings. The summed E-state index contributed by atoms with van der Waals surface area (Å²) in [6, 6.07) is 5.40. The zero-order chi connectivity index (χ0) is 11.1. The minimum Gasteiger partial charge on any atom is -0.378 e. The maximum atomic E-state index is 11.6. The van der Waals surface area contributed by atoms with Crippen molar-refractivity contribution in [3.05, 3.63) is 23.2 Å². The van der Waals surface area contributed by atoms with Gasteiger partial charge in [-0.3, -0.25) is 4.79 Å². The van der Waals surface area contributed by atoms with Crippen LogP contribution in [-0.4, -0.2) is 11.4 Å². The van der Waals surface area contributed by atoms with E-state index in [1.54, 1.807) is 6.07 Å². The molecule has 0 spiro atoms. The van der Waals surface area contributed by atoms with Gasteiger partial charge in [0.05, 0.1) is 11.4 Å². The Morgan fingerprint density at radius 2 is 2.07 bits per heavy atom. The molecule has 2 rings (SSSR count). The zero-order valence-corrected chi connectivity index (χ0v) is 9.48. The molecule has 1 aliphatic heterocycles. The molecule has 1 aliphatic rings. The van der Waals surface area contributed by atoms with E-state index in [4.69, 9.17) is 11.6 Å². The molecule has 2 N–H and O–H groups in total. The van der Waals surface area contributed by atoms with Crippen LogP contribution in [-0.2, 0) is 4.79 Å². The van der Waals surface area contributed by atoms with Gasteiger partial charge in [0.25, 0.3) is 0 Å². The lowest BCUT2D eigenvalue weighted by atomic mass is 10.0. The Hall–Kier alpha value is -1.22. The predicted octanol–water partition coefficient (Wildman–Crippen LogP) is 2.87. The molecule has 1 amide bonds. The van der Waals surface area contributed by atoms with E-state index in [9.17, 15) is 4.79 Å². The van der Waals surface area contributed by atoms with Gasteiger partial charge in [0.2, 0.25) is 5.91 Å². The molecule has 1 aromatic rings. The van der Waals surface area contributed by atoms with Crippen molar-refractivity contribution in [3.8, 4) is 0 Å². The maximum Gasteiger partial charge on any atom is 0.226 e. The summed E-state index contributed by atoms with van der Waals surface area (Å²) < 4.78 is 0. The Morgan fingerprint density at radius 3 is 2.80 bits per heavy atom. The quantitative estimate of drug-likeness (QED) is 0.712. The van der Waals surface area contributed by atoms with Gasteiger partial charge in [-0.05, 0) is 32.0 Å². The van der Waals surface area contributed by atoms with E-state index in [-0.39, 0.29) is 11.4 Å². The molecule has 80 valence electrons. The third kappa shape index (κ3) is 2.23. The first-order chi connectivity index (χ1) is 6.96. The minimum absolute atomic E-state index is 0.0218. The molecule has 0 aromatic heterocycles. The molecule has 1 aromatic carbocycles. The third-order valence-electron chi connectivity index (χ3n) is 2.33. The van der Waals surface area contributed by atoms with Crippen molar-refractivity contribution in [2.45, 2.75) is 25.8 Å². The lowest BCUT2D eigenvalue weighted by Crippen LogP contribution is -2.32. The number of fused-ring (bicyclic) bond motifs is 1. The SMILES string of the molecule is CC1(C)CC(=O)Nc2ccc(Cl)cc2N1. The van der Waals surface area contributed by atoms with E-state index in [1.807, 2.05) is 26.0 Å². The molecule has 4 heteroatoms. The number of nitrogens with one attached hydrogen (secondary N) is 2. The topological polar surface area (TPSA) is 41.1 Å². The number of carbonyl (C=O) groups is 1. The van der Waals surface area contributed by atoms with Gasteiger partial charge in [-0.25, -0.2) is 0 Å². The normalized spacial score (nSPS) is 18.5. The molecule has 0 bridgehead atoms. The van der Waals surface area contributed by atoms with E-state index in [0.717, 1.165) is 11.4 Å². The van der Waals surface area contributed by atoms with Gasteiger partial charge in [-0.15, -0.1) is 0 Å². The second-order valence-corrected chi connectivity index (χ2v) is 4.86. The number of rotatable bonds is 0. The highest BCUT2D eigenvalue weighted by Crippen LogP contribution is 2.32. The number of hydrogen-bond acceptors (Lipinski definition) is 2. The largest absolute Gasteiger partial charge is 0.378 e. The zero-order valence-electron chi connectivity index (χ0n) is 8.73. The van der Waals surface area contributed by atoms with Gasteiger partial charge in [-0.1, -0.05) is 11.6 Å². The standard InChI is InChI=1S/C11H13ClN2O/c1-11(2)6-10(15)13-8-4-3-7(12)5-9(8)14-11/h3-5,14H,6H2,1-2H3,(H,13,15). The van der Waals surface area contributed by atoms with Crippen molar-refractivity contribution in [1.29, 1.82) is 0 Å². The van der Waals surface area contributed by atoms with Crippen molar-refractivity contribution in [3.63, 3.8) is 0 Å². The summed E-state index contributed by atoms with van der Waals surface area (Å²) in [5.41, 5.74) is 1.41. The first kappa shape index (κ1) is 10.3. The molecule has 0 saturated carbocycles. The van der Waals surface area contributed by atoms with Crippen LogP contribution in [0.25, 0.3) is 0 Å². The van der Waals surface area contributed by atoms with Crippen molar-refractivity contribution >= 4 is 28.9 Å². The molecule has 0 radical (unpaired) electrons. The molecular formula is C11H13ClN2O. The van der Waals surface area contributed by atoms with Crippen LogP contribution in [0.4, 0.5) is 11.4 Å². The Kier molecular flexibility index (Phi) is 2.35. The highest BCUT2D eigenvalue weighted by Gasteiger charge is 2.26. The van der Waals surface area contributed by atoms with Crippen LogP contribution in [0.5, 0.6) is 0 Å². The number of hydrogen-bond donors (Lipinski definition) is 2. The summed E-state index contributed by atoms with van der Waals surface area (Å²) in [7, 11) is 0. The average Bonchev–Trinajstić information content (AvgIpc) is 2.17. The average molecular weight is 225 g/mol. The molecule has 0 unspecified atom stereocenters. The van der Waals surface area contributed by atoms with Crippen LogP contribution in [0.1, 0.15) is 20.3 Å². The Morgan fingerprint density at radius 1 is 1.33 bits per heavy atom. The van der Waals surface area contributed by atoms with E-state index in [0.29, 0.717) is 11.4 Å². The van der Waals surface area contributed by atoms with Crippen molar-refractivity contribution in [2.75, 3.05) is 10.6 Å². The lowest BCUT2D eigenvalue weighted by Gasteiger charge is -2.24. The molecule has 0 atom stereocenters. The van der Waals surface area contributed by atoms with E-state index in [1.165, 1.54) is 0 Å². The van der Waals surface area contributed by atoms with Crippen LogP contribution in [0.3, 0.4) is 0 Å². The van der Waals surface area contributed by atoms with Crippen LogP contribution in [0, 0.1) is 0 Å². The van der Waals surface area contributed by atoms with Gasteiger partial charge in [-0.2, -0.15) is 0 Å². The molecule has 15 heavy (non-hydrogen) atoms. The van der Waals surface area contributed by atoms with Gasteiger partial charge >= 0.3 is 0 Å². The van der Waals surface area contributed by atoms with Crippen LogP contribution < -0.4 is 10.6 Å². The van der Waals surface area contributed by atoms with Crippen molar-refractivity contribution < 1.29 is 4.79 Å². The number of carbonyl (C=O) groups excluding carboxylic acids is 1. The fraction of sp³-hybridized carbons (Fsp3) is 0.364. The minimum atomic E-state index is -0.250. The monoisotopic (exact) mass is 224 g/mol. The smallest absolute Gasteiger partial charge is 0.226 e. The molecule has 1 heterocycles. The second-order valence-electron chi connectivity index (χ2n) is 4.42. The Bertz CT molecular complexity index is 415. The predicted molar refractivity (Wildman–Crippen MR) is 62.4 cm³/mol. The first-order valence-corrected chi connectivity index (χ1v) is 5.22. The number of benzene rings is 1. The summed E-state index contributed by atoms with van der Waals surface area (Å²) >= 11 is 5.91. The van der Waals surface area contributed by atoms with Crippen molar-refractivity contribution in [2.24, 2.45) is 0 Å². The number of halogens is 1. The number of anilines is 2. The lowest BCUT2D eigenvalue weighted by molar-refractivity contribution is -0.116. The summed E-state index contributed by atoms with van der Waals surface area (Å²) in [5, 5.41) is 6.81. The summed E-state index contributed by atoms with van der Waals surface area (Å²) in [4.78, 5) is 11.6. The highest BCUT2D eigenvalue weighted by molar-refractivity contribution is 6.31. The van der Waals surface area contributed by atoms with Gasteiger partial charge in [0.15, 0.2) is 0 Å². The molecular weight excluding hydrogens is 212 g/mol. The van der Waals surface area contributed by atoms with Crippen LogP contribution >= 0.6 is 11.6 Å². The van der Waals surface area contributed by atoms with E-state index >= 15 is 0 Å². The summed E-state index contributed by atoms with van der Waals surface area (Å²) in [6.07, 6.45) is 0.444. The van der Waals surface area contributed by atoms with Gasteiger partial charge in [0, 0.05) is 17.0 Å². The van der Waals surface area contributed by atoms with Crippen molar-refractivity contribution in [1.82, 2.24) is 0 Å². The summed E-state index contributed by atoms with van der Waals surface area (Å²) in [6.45, 7) is 3.98. The molecule has 0 aliphatic carbocycles. The first-order valence-electron chi connectivity index (χ1n) is 4.84. The highest BCUT2D eigenvalue weighted by atomic mass is 35.5. The van der Waals surface area contributed by atoms with Gasteiger partial charge < -0.3 is 10.6 Å². The van der Waals surface area contributed by atoms with Crippen LogP contribution in [0.15, 0.2) is 18.2 Å². The third-order valence-corrected chi connectivity index (χ3v) is 2.57. The van der Waals surface area contributed by atoms with E-state index in [2.05, 4.69) is 10.6 Å². The Labute approximate surface area is 93.8 Å². The second kappa shape index (κ2) is 3.42. The fourth-order valence-electron chi connectivity index (χ4n) is 1.73. The fourth-order valence-corrected chi connectivity index (χ4v) is 1.91. The summed E-state index contributed by atoms with van der Waals surface area (Å²) in [5.74, 6) is 0.0218. The molecule has 0 saturated heterocycles. The van der Waals surface area contributed by atoms with Gasteiger partial charge in [0.1, 0.15) is 0 Å². The van der Waals surface area contributed by atoms with E-state index < -0.39 is 0 Å². The molecule has 3 nitrogen and oxygen atoms in total. The van der Waals surface area contributed by atoms with Crippen LogP contribution in [0.2, 0.25) is 5.02 Å². The maximum absolute atomic E-state index is 11.6.